The van der Waals surface area contributed by atoms with Crippen LogP contribution in [-0.2, 0) is 29.9 Å². The van der Waals surface area contributed by atoms with Gasteiger partial charge in [-0.25, -0.2) is 0 Å². The highest BCUT2D eigenvalue weighted by molar-refractivity contribution is 7.98. The molecule has 24 heavy (non-hydrogen) atoms. The number of nitrogens with zero attached hydrogens (tertiary/aromatic N) is 3. The van der Waals surface area contributed by atoms with Gasteiger partial charge in [0.1, 0.15) is 18.1 Å². The SMILES string of the molecule is COc1ccc2c(ccn2CC(=O)Nc2c3c(nn2C)CSC3)c1. The summed E-state index contributed by atoms with van der Waals surface area (Å²) in [6.07, 6.45) is 1.92. The predicted molar refractivity (Wildman–Crippen MR) is 95.3 cm³/mol. The lowest BCUT2D eigenvalue weighted by molar-refractivity contribution is -0.116. The van der Waals surface area contributed by atoms with Crippen LogP contribution in [0.3, 0.4) is 0 Å². The van der Waals surface area contributed by atoms with E-state index in [1.54, 1.807) is 11.8 Å². The molecule has 0 saturated carbocycles. The number of aryl methyl sites for hydroxylation is 1. The maximum atomic E-state index is 12.5. The van der Waals surface area contributed by atoms with Gasteiger partial charge < -0.3 is 14.6 Å². The normalized spacial score (nSPS) is 13.2. The standard InChI is InChI=1S/C17H18N4O2S/c1-20-17(13-9-24-10-14(13)19-20)18-16(22)8-21-6-5-11-7-12(23-2)3-4-15(11)21/h3-7H,8-10H2,1-2H3,(H,18,22). The van der Waals surface area contributed by atoms with Crippen molar-refractivity contribution in [3.8, 4) is 5.75 Å². The van der Waals surface area contributed by atoms with Crippen LogP contribution in [0.15, 0.2) is 30.5 Å². The Morgan fingerprint density at radius 1 is 1.38 bits per heavy atom. The summed E-state index contributed by atoms with van der Waals surface area (Å²) in [6.45, 7) is 0.267. The smallest absolute Gasteiger partial charge is 0.245 e. The van der Waals surface area contributed by atoms with Crippen molar-refractivity contribution in [2.75, 3.05) is 12.4 Å². The first kappa shape index (κ1) is 15.1. The second kappa shape index (κ2) is 5.90. The molecule has 1 N–H and O–H groups in total. The number of amides is 1. The Kier molecular flexibility index (Phi) is 3.72. The molecule has 2 aromatic heterocycles. The molecule has 124 valence electrons. The maximum absolute atomic E-state index is 12.5. The lowest BCUT2D eigenvalue weighted by Crippen LogP contribution is -2.20. The third-order valence-corrected chi connectivity index (χ3v) is 5.23. The van der Waals surface area contributed by atoms with Crippen molar-refractivity contribution in [2.45, 2.75) is 18.1 Å². The quantitative estimate of drug-likeness (QED) is 0.792. The number of rotatable bonds is 4. The van der Waals surface area contributed by atoms with Gasteiger partial charge in [-0.3, -0.25) is 9.48 Å². The Labute approximate surface area is 143 Å². The van der Waals surface area contributed by atoms with Crippen molar-refractivity contribution in [1.29, 1.82) is 0 Å². The summed E-state index contributed by atoms with van der Waals surface area (Å²) in [6, 6.07) is 7.83. The molecule has 0 radical (unpaired) electrons. The monoisotopic (exact) mass is 342 g/mol. The predicted octanol–water partition coefficient (Wildman–Crippen LogP) is 2.77. The van der Waals surface area contributed by atoms with E-state index in [4.69, 9.17) is 4.74 Å². The number of ether oxygens (including phenoxy) is 1. The van der Waals surface area contributed by atoms with E-state index in [0.717, 1.165) is 45.2 Å². The molecule has 7 heteroatoms. The number of nitrogens with one attached hydrogen (secondary N) is 1. The van der Waals surface area contributed by atoms with Crippen LogP contribution < -0.4 is 10.1 Å². The molecule has 6 nitrogen and oxygen atoms in total. The number of anilines is 1. The fraction of sp³-hybridized carbons (Fsp3) is 0.294. The summed E-state index contributed by atoms with van der Waals surface area (Å²) in [5.41, 5.74) is 3.24. The highest BCUT2D eigenvalue weighted by Crippen LogP contribution is 2.34. The summed E-state index contributed by atoms with van der Waals surface area (Å²) in [7, 11) is 3.52. The van der Waals surface area contributed by atoms with E-state index in [2.05, 4.69) is 10.4 Å². The molecule has 0 aliphatic carbocycles. The number of hydrogen-bond acceptors (Lipinski definition) is 4. The molecule has 0 saturated heterocycles. The Hall–Kier alpha value is -2.41. The van der Waals surface area contributed by atoms with Gasteiger partial charge >= 0.3 is 0 Å². The third kappa shape index (κ3) is 2.54. The second-order valence-corrected chi connectivity index (χ2v) is 6.79. The zero-order valence-corrected chi connectivity index (χ0v) is 14.4. The molecule has 1 aromatic carbocycles. The van der Waals surface area contributed by atoms with Crippen LogP contribution in [0.2, 0.25) is 0 Å². The van der Waals surface area contributed by atoms with Crippen molar-refractivity contribution in [1.82, 2.24) is 14.3 Å². The molecule has 1 amide bonds. The van der Waals surface area contributed by atoms with Crippen molar-refractivity contribution >= 4 is 34.4 Å². The second-order valence-electron chi connectivity index (χ2n) is 5.81. The van der Waals surface area contributed by atoms with Crippen molar-refractivity contribution in [3.63, 3.8) is 0 Å². The van der Waals surface area contributed by atoms with Crippen LogP contribution in [0.1, 0.15) is 11.3 Å². The lowest BCUT2D eigenvalue weighted by Gasteiger charge is -2.09. The summed E-state index contributed by atoms with van der Waals surface area (Å²) >= 11 is 1.83. The molecule has 0 spiro atoms. The molecule has 0 bridgehead atoms. The summed E-state index contributed by atoms with van der Waals surface area (Å²) < 4.78 is 8.94. The van der Waals surface area contributed by atoms with Crippen molar-refractivity contribution in [2.24, 2.45) is 7.05 Å². The van der Waals surface area contributed by atoms with Gasteiger partial charge in [-0.2, -0.15) is 16.9 Å². The highest BCUT2D eigenvalue weighted by atomic mass is 32.2. The lowest BCUT2D eigenvalue weighted by atomic mass is 10.2. The number of hydrogen-bond donors (Lipinski definition) is 1. The molecule has 4 rings (SSSR count). The van der Waals surface area contributed by atoms with Gasteiger partial charge in [-0.05, 0) is 24.3 Å². The van der Waals surface area contributed by atoms with Gasteiger partial charge in [0.15, 0.2) is 0 Å². The Morgan fingerprint density at radius 2 is 2.25 bits per heavy atom. The van der Waals surface area contributed by atoms with E-state index in [9.17, 15) is 4.79 Å². The van der Waals surface area contributed by atoms with Crippen molar-refractivity contribution < 1.29 is 9.53 Å². The minimum atomic E-state index is -0.0500. The molecule has 1 aliphatic heterocycles. The maximum Gasteiger partial charge on any atom is 0.245 e. The fourth-order valence-corrected chi connectivity index (χ4v) is 4.10. The van der Waals surface area contributed by atoms with E-state index in [0.29, 0.717) is 0 Å². The summed E-state index contributed by atoms with van der Waals surface area (Å²) in [5.74, 6) is 3.41. The van der Waals surface area contributed by atoms with Crippen LogP contribution in [0.4, 0.5) is 5.82 Å². The third-order valence-electron chi connectivity index (χ3n) is 4.26. The fourth-order valence-electron chi connectivity index (χ4n) is 3.07. The van der Waals surface area contributed by atoms with Crippen LogP contribution in [0.5, 0.6) is 5.75 Å². The van der Waals surface area contributed by atoms with Gasteiger partial charge in [0.05, 0.1) is 12.8 Å². The van der Waals surface area contributed by atoms with Gasteiger partial charge in [0.25, 0.3) is 0 Å². The molecule has 0 unspecified atom stereocenters. The molecule has 0 atom stereocenters. The van der Waals surface area contributed by atoms with Gasteiger partial charge in [-0.1, -0.05) is 0 Å². The summed E-state index contributed by atoms with van der Waals surface area (Å²) in [4.78, 5) is 12.5. The van der Waals surface area contributed by atoms with Gasteiger partial charge in [0.2, 0.25) is 5.91 Å². The minimum absolute atomic E-state index is 0.0500. The Morgan fingerprint density at radius 3 is 3.08 bits per heavy atom. The number of benzene rings is 1. The minimum Gasteiger partial charge on any atom is -0.497 e. The van der Waals surface area contributed by atoms with E-state index < -0.39 is 0 Å². The zero-order valence-electron chi connectivity index (χ0n) is 13.6. The first-order valence-corrected chi connectivity index (χ1v) is 8.86. The summed E-state index contributed by atoms with van der Waals surface area (Å²) in [5, 5.41) is 8.54. The molecular weight excluding hydrogens is 324 g/mol. The number of fused-ring (bicyclic) bond motifs is 2. The number of methoxy groups -OCH3 is 1. The van der Waals surface area contributed by atoms with E-state index in [-0.39, 0.29) is 12.5 Å². The van der Waals surface area contributed by atoms with Crippen LogP contribution in [-0.4, -0.2) is 27.4 Å². The number of carbonyl (C=O) groups is 1. The number of aromatic nitrogens is 3. The van der Waals surface area contributed by atoms with Crippen LogP contribution >= 0.6 is 11.8 Å². The van der Waals surface area contributed by atoms with Crippen LogP contribution in [0, 0.1) is 0 Å². The average molecular weight is 342 g/mol. The number of thioether (sulfide) groups is 1. The average Bonchev–Trinajstić information content (AvgIpc) is 3.25. The topological polar surface area (TPSA) is 61.1 Å². The largest absolute Gasteiger partial charge is 0.497 e. The molecule has 3 aromatic rings. The zero-order chi connectivity index (χ0) is 16.7. The number of carbonyl (C=O) groups excluding carboxylic acids is 1. The van der Waals surface area contributed by atoms with Gasteiger partial charge in [0, 0.05) is 41.2 Å². The Bertz CT molecular complexity index is 928. The first-order chi connectivity index (χ1) is 11.7. The van der Waals surface area contributed by atoms with Gasteiger partial charge in [-0.15, -0.1) is 0 Å². The highest BCUT2D eigenvalue weighted by Gasteiger charge is 2.22. The van der Waals surface area contributed by atoms with Crippen LogP contribution in [0.25, 0.3) is 10.9 Å². The molecule has 0 fully saturated rings. The molecular formula is C17H18N4O2S. The first-order valence-electron chi connectivity index (χ1n) is 7.71. The van der Waals surface area contributed by atoms with Crippen molar-refractivity contribution in [3.05, 3.63) is 41.7 Å². The van der Waals surface area contributed by atoms with E-state index in [1.165, 1.54) is 0 Å². The van der Waals surface area contributed by atoms with E-state index in [1.807, 2.05) is 53.8 Å². The molecule has 3 heterocycles. The van der Waals surface area contributed by atoms with E-state index >= 15 is 0 Å². The molecule has 1 aliphatic rings. The Balaban J connectivity index is 1.55.